The monoisotopic (exact) mass is 589 g/mol. The molecule has 0 unspecified atom stereocenters. The molecule has 0 aromatic carbocycles. The first-order valence-corrected chi connectivity index (χ1v) is 18.3. The van der Waals surface area contributed by atoms with E-state index < -0.39 is 0 Å². The minimum Gasteiger partial charge on any atom is -0.303 e. The van der Waals surface area contributed by atoms with E-state index >= 15 is 0 Å². The van der Waals surface area contributed by atoms with E-state index in [9.17, 15) is 0 Å². The van der Waals surface area contributed by atoms with E-state index in [0.29, 0.717) is 21.9 Å². The molecule has 248 valence electrons. The topological polar surface area (TPSA) is 13.0 Å². The molecule has 0 saturated carbocycles. The Bertz CT molecular complexity index is 617. The number of nitrogens with zero attached hydrogens (tertiary/aromatic N) is 4. The van der Waals surface area contributed by atoms with Gasteiger partial charge in [-0.3, -0.25) is 9.80 Å². The Labute approximate surface area is 264 Å². The molecule has 0 aromatic rings. The molecule has 0 spiro atoms. The van der Waals surface area contributed by atoms with Crippen molar-refractivity contribution in [1.82, 2.24) is 19.6 Å². The maximum Gasteiger partial charge on any atom is 0.0125 e. The van der Waals surface area contributed by atoms with Crippen molar-refractivity contribution >= 4 is 0 Å². The van der Waals surface area contributed by atoms with Crippen LogP contribution >= 0.6 is 0 Å². The average molecular weight is 589 g/mol. The predicted molar refractivity (Wildman–Crippen MR) is 185 cm³/mol. The highest BCUT2D eigenvalue weighted by Crippen LogP contribution is 2.36. The summed E-state index contributed by atoms with van der Waals surface area (Å²) in [6.07, 6.45) is 11.2. The van der Waals surface area contributed by atoms with Gasteiger partial charge in [-0.1, -0.05) is 41.5 Å². The second-order valence-corrected chi connectivity index (χ2v) is 19.1. The van der Waals surface area contributed by atoms with Gasteiger partial charge in [-0.05, 0) is 180 Å². The van der Waals surface area contributed by atoms with E-state index in [-0.39, 0.29) is 0 Å². The lowest BCUT2D eigenvalue weighted by Gasteiger charge is -2.43. The minimum atomic E-state index is 0.357. The SMILES string of the molecule is CC(C)(C)C1CCN(CC2CCN(C(C)(C)C)CC2)CC1.CC(C)(C)C1CCN(CC2CCN(C(C)(C)C)CC2)CC1. The molecule has 0 aliphatic carbocycles. The van der Waals surface area contributed by atoms with E-state index in [1.165, 1.54) is 117 Å². The molecule has 4 fully saturated rings. The van der Waals surface area contributed by atoms with Gasteiger partial charge < -0.3 is 9.80 Å². The first kappa shape index (κ1) is 36.3. The minimum absolute atomic E-state index is 0.357. The molecular formula is C38H76N4. The molecule has 42 heavy (non-hydrogen) atoms. The predicted octanol–water partition coefficient (Wildman–Crippen LogP) is 8.51. The van der Waals surface area contributed by atoms with Crippen molar-refractivity contribution in [3.8, 4) is 0 Å². The zero-order valence-electron chi connectivity index (χ0n) is 30.8. The van der Waals surface area contributed by atoms with Gasteiger partial charge in [0.1, 0.15) is 0 Å². The molecule has 4 heteroatoms. The van der Waals surface area contributed by atoms with Crippen LogP contribution in [0.3, 0.4) is 0 Å². The van der Waals surface area contributed by atoms with Crippen LogP contribution < -0.4 is 0 Å². The van der Waals surface area contributed by atoms with Crippen LogP contribution in [0.25, 0.3) is 0 Å². The van der Waals surface area contributed by atoms with Gasteiger partial charge in [0.05, 0.1) is 0 Å². The molecule has 0 N–H and O–H groups in total. The van der Waals surface area contributed by atoms with Gasteiger partial charge in [-0.2, -0.15) is 0 Å². The third kappa shape index (κ3) is 11.6. The summed E-state index contributed by atoms with van der Waals surface area (Å²) in [6, 6.07) is 0. The van der Waals surface area contributed by atoms with Gasteiger partial charge in [0.25, 0.3) is 0 Å². The molecule has 0 bridgehead atoms. The van der Waals surface area contributed by atoms with Crippen LogP contribution in [0.2, 0.25) is 0 Å². The van der Waals surface area contributed by atoms with Crippen molar-refractivity contribution in [2.24, 2.45) is 34.5 Å². The van der Waals surface area contributed by atoms with Crippen molar-refractivity contribution in [1.29, 1.82) is 0 Å². The molecule has 4 heterocycles. The van der Waals surface area contributed by atoms with Gasteiger partial charge in [0, 0.05) is 24.2 Å². The largest absolute Gasteiger partial charge is 0.303 e. The van der Waals surface area contributed by atoms with E-state index in [4.69, 9.17) is 0 Å². The molecule has 0 aromatic heterocycles. The van der Waals surface area contributed by atoms with E-state index in [2.05, 4.69) is 103 Å². The first-order chi connectivity index (χ1) is 19.3. The zero-order chi connectivity index (χ0) is 31.3. The van der Waals surface area contributed by atoms with Crippen LogP contribution in [-0.2, 0) is 0 Å². The van der Waals surface area contributed by atoms with Gasteiger partial charge >= 0.3 is 0 Å². The van der Waals surface area contributed by atoms with Gasteiger partial charge in [-0.25, -0.2) is 0 Å². The summed E-state index contributed by atoms with van der Waals surface area (Å²) in [5.41, 5.74) is 1.72. The Morgan fingerprint density at radius 2 is 0.643 bits per heavy atom. The Hall–Kier alpha value is -0.160. The fourth-order valence-electron chi connectivity index (χ4n) is 8.27. The molecule has 4 nitrogen and oxygen atoms in total. The normalized spacial score (nSPS) is 25.4. The third-order valence-corrected chi connectivity index (χ3v) is 11.8. The second kappa shape index (κ2) is 15.0. The van der Waals surface area contributed by atoms with Crippen molar-refractivity contribution in [3.05, 3.63) is 0 Å². The summed E-state index contributed by atoms with van der Waals surface area (Å²) in [4.78, 5) is 10.8. The van der Waals surface area contributed by atoms with Gasteiger partial charge in [-0.15, -0.1) is 0 Å². The molecule has 0 atom stereocenters. The molecular weight excluding hydrogens is 512 g/mol. The van der Waals surface area contributed by atoms with E-state index in [1.54, 1.807) is 0 Å². The third-order valence-electron chi connectivity index (χ3n) is 11.8. The summed E-state index contributed by atoms with van der Waals surface area (Å²) >= 11 is 0. The summed E-state index contributed by atoms with van der Waals surface area (Å²) in [5.74, 6) is 3.73. The summed E-state index contributed by atoms with van der Waals surface area (Å²) in [5, 5.41) is 0. The Morgan fingerprint density at radius 1 is 0.381 bits per heavy atom. The summed E-state index contributed by atoms with van der Waals surface area (Å²) in [6.45, 7) is 41.8. The molecule has 0 radical (unpaired) electrons. The maximum atomic E-state index is 2.75. The van der Waals surface area contributed by atoms with E-state index in [1.807, 2.05) is 0 Å². The fourth-order valence-corrected chi connectivity index (χ4v) is 8.27. The molecule has 4 aliphatic heterocycles. The van der Waals surface area contributed by atoms with Crippen LogP contribution in [0.4, 0.5) is 0 Å². The number of hydrogen-bond acceptors (Lipinski definition) is 4. The first-order valence-electron chi connectivity index (χ1n) is 18.3. The zero-order valence-corrected chi connectivity index (χ0v) is 30.8. The Morgan fingerprint density at radius 3 is 0.857 bits per heavy atom. The highest BCUT2D eigenvalue weighted by atomic mass is 15.2. The highest BCUT2D eigenvalue weighted by molar-refractivity contribution is 4.87. The highest BCUT2D eigenvalue weighted by Gasteiger charge is 2.33. The molecule has 0 amide bonds. The average Bonchev–Trinajstić information content (AvgIpc) is 2.88. The molecule has 4 rings (SSSR count). The Balaban J connectivity index is 0.000000230. The van der Waals surface area contributed by atoms with Crippen LogP contribution in [0, 0.1) is 34.5 Å². The van der Waals surface area contributed by atoms with Crippen molar-refractivity contribution in [2.45, 2.75) is 146 Å². The lowest BCUT2D eigenvalue weighted by atomic mass is 9.75. The summed E-state index contributed by atoms with van der Waals surface area (Å²) < 4.78 is 0. The van der Waals surface area contributed by atoms with Gasteiger partial charge in [0.2, 0.25) is 0 Å². The number of hydrogen-bond donors (Lipinski definition) is 0. The standard InChI is InChI=1S/2C19H38N2/c2*1-18(2,3)17-9-11-20(12-10-17)15-16-7-13-21(14-8-16)19(4,5)6/h2*16-17H,7-15H2,1-6H3. The number of rotatable bonds is 4. The smallest absolute Gasteiger partial charge is 0.0125 e. The maximum absolute atomic E-state index is 2.75. The number of likely N-dealkylation sites (tertiary alicyclic amines) is 4. The fraction of sp³-hybridized carbons (Fsp3) is 1.00. The Kier molecular flexibility index (Phi) is 12.9. The molecule has 4 aliphatic rings. The quantitative estimate of drug-likeness (QED) is 0.326. The summed E-state index contributed by atoms with van der Waals surface area (Å²) in [7, 11) is 0. The second-order valence-electron chi connectivity index (χ2n) is 19.1. The lowest BCUT2D eigenvalue weighted by Crippen LogP contribution is -2.48. The van der Waals surface area contributed by atoms with Crippen LogP contribution in [0.5, 0.6) is 0 Å². The lowest BCUT2D eigenvalue weighted by molar-refractivity contribution is 0.0579. The van der Waals surface area contributed by atoms with Gasteiger partial charge in [0.15, 0.2) is 0 Å². The van der Waals surface area contributed by atoms with Crippen LogP contribution in [0.15, 0.2) is 0 Å². The van der Waals surface area contributed by atoms with Crippen LogP contribution in [0.1, 0.15) is 134 Å². The van der Waals surface area contributed by atoms with Crippen molar-refractivity contribution in [2.75, 3.05) is 65.4 Å². The van der Waals surface area contributed by atoms with Crippen molar-refractivity contribution in [3.63, 3.8) is 0 Å². The van der Waals surface area contributed by atoms with Crippen molar-refractivity contribution < 1.29 is 0 Å². The number of piperidine rings is 4. The van der Waals surface area contributed by atoms with E-state index in [0.717, 1.165) is 23.7 Å². The molecule has 4 saturated heterocycles. The van der Waals surface area contributed by atoms with Crippen LogP contribution in [-0.4, -0.2) is 96.1 Å².